The van der Waals surface area contributed by atoms with Gasteiger partial charge in [-0.25, -0.2) is 5.10 Å². The van der Waals surface area contributed by atoms with Crippen LogP contribution in [0, 0.1) is 0 Å². The van der Waals surface area contributed by atoms with Crippen molar-refractivity contribution in [2.45, 2.75) is 45.4 Å². The minimum absolute atomic E-state index is 0.582. The standard InChI is InChI=1S/C15H20Cl2N4O/c1-2-6-11-13(9-8-12(16)15(11)17)22-10-5-3-4-7-14-18-20-21-19-14/h8-9H,2-7,10H2,1H3,(H,18,19,20,21). The molecular formula is C15H20Cl2N4O. The summed E-state index contributed by atoms with van der Waals surface area (Å²) >= 11 is 12.3. The molecule has 0 atom stereocenters. The molecule has 0 saturated carbocycles. The molecule has 0 spiro atoms. The second kappa shape index (κ2) is 8.96. The third kappa shape index (κ3) is 4.85. The number of benzene rings is 1. The maximum atomic E-state index is 6.26. The van der Waals surface area contributed by atoms with E-state index in [1.54, 1.807) is 6.07 Å². The van der Waals surface area contributed by atoms with E-state index in [1.807, 2.05) is 6.07 Å². The lowest BCUT2D eigenvalue weighted by molar-refractivity contribution is 0.302. The lowest BCUT2D eigenvalue weighted by Gasteiger charge is -2.13. The van der Waals surface area contributed by atoms with Crippen LogP contribution >= 0.6 is 23.2 Å². The van der Waals surface area contributed by atoms with E-state index in [0.717, 1.165) is 55.7 Å². The molecule has 0 aliphatic heterocycles. The Morgan fingerprint density at radius 3 is 2.73 bits per heavy atom. The molecule has 1 N–H and O–H groups in total. The summed E-state index contributed by atoms with van der Waals surface area (Å²) in [6.45, 7) is 2.78. The zero-order chi connectivity index (χ0) is 15.8. The van der Waals surface area contributed by atoms with Gasteiger partial charge >= 0.3 is 0 Å². The Morgan fingerprint density at radius 2 is 2.00 bits per heavy atom. The van der Waals surface area contributed by atoms with Crippen LogP contribution in [0.2, 0.25) is 10.0 Å². The quantitative estimate of drug-likeness (QED) is 0.691. The molecule has 2 rings (SSSR count). The monoisotopic (exact) mass is 342 g/mol. The largest absolute Gasteiger partial charge is 0.493 e. The maximum absolute atomic E-state index is 6.26. The first-order valence-corrected chi connectivity index (χ1v) is 8.30. The van der Waals surface area contributed by atoms with Crippen LogP contribution in [0.4, 0.5) is 0 Å². The van der Waals surface area contributed by atoms with E-state index < -0.39 is 0 Å². The van der Waals surface area contributed by atoms with Crippen LogP contribution in [0.25, 0.3) is 0 Å². The molecule has 1 aromatic heterocycles. The number of unbranched alkanes of at least 4 members (excludes halogenated alkanes) is 2. The van der Waals surface area contributed by atoms with Gasteiger partial charge in [-0.15, -0.1) is 5.10 Å². The zero-order valence-corrected chi connectivity index (χ0v) is 14.1. The van der Waals surface area contributed by atoms with Gasteiger partial charge < -0.3 is 4.74 Å². The number of hydrogen-bond donors (Lipinski definition) is 1. The molecule has 0 aliphatic carbocycles. The number of tetrazole rings is 1. The van der Waals surface area contributed by atoms with Gasteiger partial charge in [0.15, 0.2) is 0 Å². The molecule has 2 aromatic rings. The molecule has 22 heavy (non-hydrogen) atoms. The van der Waals surface area contributed by atoms with Crippen LogP contribution in [-0.4, -0.2) is 27.2 Å². The fraction of sp³-hybridized carbons (Fsp3) is 0.533. The number of nitrogens with zero attached hydrogens (tertiary/aromatic N) is 3. The molecule has 0 amide bonds. The average molecular weight is 343 g/mol. The second-order valence-corrected chi connectivity index (χ2v) is 5.88. The molecule has 5 nitrogen and oxygen atoms in total. The van der Waals surface area contributed by atoms with Crippen molar-refractivity contribution < 1.29 is 4.74 Å². The van der Waals surface area contributed by atoms with E-state index in [0.29, 0.717) is 16.7 Å². The Bertz CT molecular complexity index is 575. The van der Waals surface area contributed by atoms with Crippen molar-refractivity contribution in [2.75, 3.05) is 6.61 Å². The van der Waals surface area contributed by atoms with Crippen molar-refractivity contribution >= 4 is 23.2 Å². The Morgan fingerprint density at radius 1 is 1.14 bits per heavy atom. The van der Waals surface area contributed by atoms with Gasteiger partial charge in [-0.1, -0.05) is 36.5 Å². The predicted octanol–water partition coefficient (Wildman–Crippen LogP) is 4.25. The van der Waals surface area contributed by atoms with Gasteiger partial charge in [-0.05, 0) is 48.2 Å². The number of nitrogens with one attached hydrogen (secondary N) is 1. The molecule has 0 bridgehead atoms. The van der Waals surface area contributed by atoms with E-state index in [9.17, 15) is 0 Å². The number of rotatable bonds is 9. The molecule has 120 valence electrons. The number of aryl methyl sites for hydroxylation is 1. The van der Waals surface area contributed by atoms with Crippen molar-refractivity contribution in [1.82, 2.24) is 20.6 Å². The molecule has 7 heteroatoms. The first-order chi connectivity index (χ1) is 10.7. The van der Waals surface area contributed by atoms with Crippen molar-refractivity contribution in [2.24, 2.45) is 0 Å². The summed E-state index contributed by atoms with van der Waals surface area (Å²) in [7, 11) is 0. The van der Waals surface area contributed by atoms with Gasteiger partial charge in [-0.2, -0.15) is 0 Å². The summed E-state index contributed by atoms with van der Waals surface area (Å²) < 4.78 is 5.87. The summed E-state index contributed by atoms with van der Waals surface area (Å²) in [5.74, 6) is 1.67. The summed E-state index contributed by atoms with van der Waals surface area (Å²) in [5, 5.41) is 14.9. The van der Waals surface area contributed by atoms with Crippen molar-refractivity contribution in [3.63, 3.8) is 0 Å². The summed E-state index contributed by atoms with van der Waals surface area (Å²) in [4.78, 5) is 0. The average Bonchev–Trinajstić information content (AvgIpc) is 3.03. The molecule has 1 aromatic carbocycles. The van der Waals surface area contributed by atoms with Crippen LogP contribution in [-0.2, 0) is 12.8 Å². The van der Waals surface area contributed by atoms with Crippen molar-refractivity contribution in [3.05, 3.63) is 33.6 Å². The fourth-order valence-electron chi connectivity index (χ4n) is 2.23. The minimum Gasteiger partial charge on any atom is -0.493 e. The lowest BCUT2D eigenvalue weighted by Crippen LogP contribution is -2.01. The molecule has 0 saturated heterocycles. The van der Waals surface area contributed by atoms with E-state index in [4.69, 9.17) is 27.9 Å². The van der Waals surface area contributed by atoms with Gasteiger partial charge in [0.25, 0.3) is 0 Å². The predicted molar refractivity (Wildman–Crippen MR) is 87.7 cm³/mol. The molecule has 1 heterocycles. The fourth-order valence-corrected chi connectivity index (χ4v) is 2.66. The van der Waals surface area contributed by atoms with Crippen LogP contribution in [0.1, 0.15) is 44.0 Å². The highest BCUT2D eigenvalue weighted by atomic mass is 35.5. The van der Waals surface area contributed by atoms with Crippen molar-refractivity contribution in [1.29, 1.82) is 0 Å². The first kappa shape index (κ1) is 17.0. The van der Waals surface area contributed by atoms with Gasteiger partial charge in [-0.3, -0.25) is 0 Å². The normalized spacial score (nSPS) is 10.9. The highest BCUT2D eigenvalue weighted by Crippen LogP contribution is 2.34. The summed E-state index contributed by atoms with van der Waals surface area (Å²) in [5.41, 5.74) is 1.00. The zero-order valence-electron chi connectivity index (χ0n) is 12.6. The summed E-state index contributed by atoms with van der Waals surface area (Å²) in [6, 6.07) is 3.69. The SMILES string of the molecule is CCCc1c(OCCCCCc2nnn[nH]2)ccc(Cl)c1Cl. The maximum Gasteiger partial charge on any atom is 0.148 e. The highest BCUT2D eigenvalue weighted by Gasteiger charge is 2.11. The molecule has 0 radical (unpaired) electrons. The first-order valence-electron chi connectivity index (χ1n) is 7.54. The van der Waals surface area contributed by atoms with Gasteiger partial charge in [0.05, 0.1) is 16.7 Å². The number of hydrogen-bond acceptors (Lipinski definition) is 4. The van der Waals surface area contributed by atoms with Gasteiger partial charge in [0.1, 0.15) is 11.6 Å². The summed E-state index contributed by atoms with van der Waals surface area (Å²) in [6.07, 6.45) is 5.80. The molecular weight excluding hydrogens is 323 g/mol. The van der Waals surface area contributed by atoms with Crippen molar-refractivity contribution in [3.8, 4) is 5.75 Å². The number of H-pyrrole nitrogens is 1. The van der Waals surface area contributed by atoms with Gasteiger partial charge in [0, 0.05) is 12.0 Å². The molecule has 0 aliphatic rings. The molecule has 0 fully saturated rings. The molecule has 0 unspecified atom stereocenters. The lowest BCUT2D eigenvalue weighted by atomic mass is 10.1. The van der Waals surface area contributed by atoms with E-state index in [1.165, 1.54) is 0 Å². The van der Waals surface area contributed by atoms with E-state index in [2.05, 4.69) is 27.5 Å². The van der Waals surface area contributed by atoms with E-state index >= 15 is 0 Å². The topological polar surface area (TPSA) is 63.7 Å². The Labute approximate surface area is 140 Å². The van der Waals surface area contributed by atoms with Crippen LogP contribution in [0.15, 0.2) is 12.1 Å². The Hall–Kier alpha value is -1.33. The Balaban J connectivity index is 1.75. The van der Waals surface area contributed by atoms with E-state index in [-0.39, 0.29) is 0 Å². The van der Waals surface area contributed by atoms with Crippen LogP contribution < -0.4 is 4.74 Å². The van der Waals surface area contributed by atoms with Crippen LogP contribution in [0.3, 0.4) is 0 Å². The number of ether oxygens (including phenoxy) is 1. The smallest absolute Gasteiger partial charge is 0.148 e. The third-order valence-electron chi connectivity index (χ3n) is 3.36. The Kier molecular flexibility index (Phi) is 6.93. The minimum atomic E-state index is 0.582. The third-order valence-corrected chi connectivity index (χ3v) is 4.20. The highest BCUT2D eigenvalue weighted by molar-refractivity contribution is 6.42. The number of aromatic nitrogens is 4. The second-order valence-electron chi connectivity index (χ2n) is 5.10. The van der Waals surface area contributed by atoms with Crippen LogP contribution in [0.5, 0.6) is 5.75 Å². The van der Waals surface area contributed by atoms with Gasteiger partial charge in [0.2, 0.25) is 0 Å². The number of halogens is 2. The number of aromatic amines is 1.